The molecule has 5 heteroatoms. The normalized spacial score (nSPS) is 21.3. The van der Waals surface area contributed by atoms with Gasteiger partial charge in [0.15, 0.2) is 0 Å². The Kier molecular flexibility index (Phi) is 3.55. The van der Waals surface area contributed by atoms with Gasteiger partial charge in [-0.05, 0) is 36.2 Å². The highest BCUT2D eigenvalue weighted by Crippen LogP contribution is 2.36. The summed E-state index contributed by atoms with van der Waals surface area (Å²) in [5, 5.41) is 19.2. The molecular formula is C16H14FN3O. The molecule has 2 aromatic rings. The van der Waals surface area contributed by atoms with Crippen molar-refractivity contribution in [3.8, 4) is 6.07 Å². The molecule has 0 aliphatic carbocycles. The van der Waals surface area contributed by atoms with Crippen LogP contribution >= 0.6 is 0 Å². The summed E-state index contributed by atoms with van der Waals surface area (Å²) in [4.78, 5) is 6.19. The van der Waals surface area contributed by atoms with E-state index in [-0.39, 0.29) is 11.9 Å². The fourth-order valence-electron chi connectivity index (χ4n) is 2.76. The number of nitriles is 1. The molecule has 0 amide bonds. The Hall–Kier alpha value is -2.45. The smallest absolute Gasteiger partial charge is 0.147 e. The first-order chi connectivity index (χ1) is 10.2. The third kappa shape index (κ3) is 2.58. The largest absolute Gasteiger partial charge is 0.391 e. The van der Waals surface area contributed by atoms with Crippen LogP contribution in [0.25, 0.3) is 0 Å². The number of aliphatic hydroxyl groups is 1. The Morgan fingerprint density at radius 1 is 1.29 bits per heavy atom. The van der Waals surface area contributed by atoms with E-state index >= 15 is 0 Å². The number of rotatable bonds is 2. The molecule has 0 radical (unpaired) electrons. The molecule has 1 aromatic carbocycles. The van der Waals surface area contributed by atoms with Crippen molar-refractivity contribution >= 4 is 5.82 Å². The number of pyridine rings is 1. The van der Waals surface area contributed by atoms with Crippen molar-refractivity contribution in [2.75, 3.05) is 11.4 Å². The molecule has 1 saturated heterocycles. The lowest BCUT2D eigenvalue weighted by Crippen LogP contribution is -2.26. The first kappa shape index (κ1) is 13.5. The highest BCUT2D eigenvalue weighted by atomic mass is 19.1. The number of benzene rings is 1. The van der Waals surface area contributed by atoms with Gasteiger partial charge in [-0.25, -0.2) is 9.37 Å². The maximum Gasteiger partial charge on any atom is 0.147 e. The van der Waals surface area contributed by atoms with Gasteiger partial charge in [-0.1, -0.05) is 12.1 Å². The number of β-amino-alcohol motifs (C(OH)–C–C–N with tert-alkyl or cyclic N) is 1. The predicted octanol–water partition coefficient (Wildman–Crippen LogP) is 2.40. The van der Waals surface area contributed by atoms with Gasteiger partial charge in [0.2, 0.25) is 0 Å². The van der Waals surface area contributed by atoms with Crippen LogP contribution in [0.4, 0.5) is 10.2 Å². The average Bonchev–Trinajstić information content (AvgIpc) is 2.89. The minimum atomic E-state index is -0.492. The van der Waals surface area contributed by atoms with Crippen molar-refractivity contribution in [3.63, 3.8) is 0 Å². The Labute approximate surface area is 122 Å². The number of aliphatic hydroxyl groups excluding tert-OH is 1. The van der Waals surface area contributed by atoms with Crippen molar-refractivity contribution in [1.29, 1.82) is 5.26 Å². The van der Waals surface area contributed by atoms with Crippen LogP contribution < -0.4 is 4.90 Å². The van der Waals surface area contributed by atoms with Gasteiger partial charge in [-0.3, -0.25) is 0 Å². The molecule has 4 nitrogen and oxygen atoms in total. The quantitative estimate of drug-likeness (QED) is 0.919. The molecule has 21 heavy (non-hydrogen) atoms. The Balaban J connectivity index is 2.00. The third-order valence-electron chi connectivity index (χ3n) is 3.71. The zero-order chi connectivity index (χ0) is 14.8. The summed E-state index contributed by atoms with van der Waals surface area (Å²) >= 11 is 0. The molecule has 1 aromatic heterocycles. The molecular weight excluding hydrogens is 269 g/mol. The minimum absolute atomic E-state index is 0.109. The molecule has 2 heterocycles. The maximum atomic E-state index is 13.1. The van der Waals surface area contributed by atoms with E-state index in [1.165, 1.54) is 12.1 Å². The van der Waals surface area contributed by atoms with Gasteiger partial charge in [0.1, 0.15) is 17.7 Å². The van der Waals surface area contributed by atoms with E-state index in [1.54, 1.807) is 30.5 Å². The summed E-state index contributed by atoms with van der Waals surface area (Å²) in [6, 6.07) is 11.7. The fraction of sp³-hybridized carbons (Fsp3) is 0.250. The number of hydrogen-bond donors (Lipinski definition) is 1. The fourth-order valence-corrected chi connectivity index (χ4v) is 2.76. The van der Waals surface area contributed by atoms with E-state index in [1.807, 2.05) is 4.90 Å². The van der Waals surface area contributed by atoms with E-state index < -0.39 is 6.10 Å². The Morgan fingerprint density at radius 2 is 2.05 bits per heavy atom. The van der Waals surface area contributed by atoms with Crippen molar-refractivity contribution in [3.05, 3.63) is 59.5 Å². The number of aromatic nitrogens is 1. The van der Waals surface area contributed by atoms with E-state index in [4.69, 9.17) is 0 Å². The standard InChI is InChI=1S/C16H14FN3O/c17-13-5-3-11(4-6-13)15-8-14(21)10-20(15)16-12(9-18)2-1-7-19-16/h1-7,14-15,21H,8,10H2/t14-,15-/m0/s1. The molecule has 1 N–H and O–H groups in total. The molecule has 1 aliphatic rings. The highest BCUT2D eigenvalue weighted by molar-refractivity contribution is 5.56. The van der Waals surface area contributed by atoms with Crippen LogP contribution in [0.5, 0.6) is 0 Å². The molecule has 0 unspecified atom stereocenters. The summed E-state index contributed by atoms with van der Waals surface area (Å²) in [7, 11) is 0. The molecule has 0 spiro atoms. The Morgan fingerprint density at radius 3 is 2.76 bits per heavy atom. The third-order valence-corrected chi connectivity index (χ3v) is 3.71. The predicted molar refractivity (Wildman–Crippen MR) is 76.1 cm³/mol. The van der Waals surface area contributed by atoms with Crippen LogP contribution in [0.2, 0.25) is 0 Å². The number of anilines is 1. The molecule has 0 bridgehead atoms. The van der Waals surface area contributed by atoms with Gasteiger partial charge < -0.3 is 10.0 Å². The lowest BCUT2D eigenvalue weighted by atomic mass is 10.0. The first-order valence-corrected chi connectivity index (χ1v) is 6.74. The van der Waals surface area contributed by atoms with Gasteiger partial charge in [0.25, 0.3) is 0 Å². The molecule has 1 fully saturated rings. The number of nitrogens with zero attached hydrogens (tertiary/aromatic N) is 3. The van der Waals surface area contributed by atoms with Crippen molar-refractivity contribution in [2.45, 2.75) is 18.6 Å². The van der Waals surface area contributed by atoms with Crippen LogP contribution in [0.15, 0.2) is 42.6 Å². The van der Waals surface area contributed by atoms with E-state index in [0.29, 0.717) is 24.3 Å². The second-order valence-electron chi connectivity index (χ2n) is 5.10. The molecule has 2 atom stereocenters. The highest BCUT2D eigenvalue weighted by Gasteiger charge is 2.34. The van der Waals surface area contributed by atoms with E-state index in [2.05, 4.69) is 11.1 Å². The zero-order valence-electron chi connectivity index (χ0n) is 11.3. The SMILES string of the molecule is N#Cc1cccnc1N1C[C@@H](O)C[C@H]1c1ccc(F)cc1. The van der Waals surface area contributed by atoms with Gasteiger partial charge in [0, 0.05) is 12.7 Å². The maximum absolute atomic E-state index is 13.1. The molecule has 106 valence electrons. The molecule has 1 aliphatic heterocycles. The Bertz CT molecular complexity index is 681. The summed E-state index contributed by atoms with van der Waals surface area (Å²) in [6.07, 6.45) is 1.67. The number of halogens is 1. The lowest BCUT2D eigenvalue weighted by Gasteiger charge is -2.26. The van der Waals surface area contributed by atoms with Gasteiger partial charge >= 0.3 is 0 Å². The molecule has 0 saturated carbocycles. The van der Waals surface area contributed by atoms with Crippen LogP contribution in [0, 0.1) is 17.1 Å². The number of hydrogen-bond acceptors (Lipinski definition) is 4. The first-order valence-electron chi connectivity index (χ1n) is 6.74. The van der Waals surface area contributed by atoms with E-state index in [0.717, 1.165) is 5.56 Å². The molecule has 3 rings (SSSR count). The minimum Gasteiger partial charge on any atom is -0.391 e. The monoisotopic (exact) mass is 283 g/mol. The van der Waals surface area contributed by atoms with Gasteiger partial charge in [-0.15, -0.1) is 0 Å². The van der Waals surface area contributed by atoms with Crippen molar-refractivity contribution in [1.82, 2.24) is 4.98 Å². The summed E-state index contributed by atoms with van der Waals surface area (Å²) in [5.74, 6) is 0.269. The topological polar surface area (TPSA) is 60.2 Å². The lowest BCUT2D eigenvalue weighted by molar-refractivity contribution is 0.194. The van der Waals surface area contributed by atoms with Crippen LogP contribution in [-0.4, -0.2) is 22.7 Å². The summed E-state index contributed by atoms with van der Waals surface area (Å²) in [5.41, 5.74) is 1.38. The van der Waals surface area contributed by atoms with Crippen LogP contribution in [0.1, 0.15) is 23.6 Å². The summed E-state index contributed by atoms with van der Waals surface area (Å²) < 4.78 is 13.1. The van der Waals surface area contributed by atoms with Gasteiger partial charge in [-0.2, -0.15) is 5.26 Å². The average molecular weight is 283 g/mol. The second-order valence-corrected chi connectivity index (χ2v) is 5.10. The van der Waals surface area contributed by atoms with Crippen molar-refractivity contribution < 1.29 is 9.50 Å². The van der Waals surface area contributed by atoms with E-state index in [9.17, 15) is 14.8 Å². The zero-order valence-corrected chi connectivity index (χ0v) is 11.3. The van der Waals surface area contributed by atoms with Crippen molar-refractivity contribution in [2.24, 2.45) is 0 Å². The summed E-state index contributed by atoms with van der Waals surface area (Å²) in [6.45, 7) is 0.410. The van der Waals surface area contributed by atoms with Gasteiger partial charge in [0.05, 0.1) is 17.7 Å². The van der Waals surface area contributed by atoms with Crippen LogP contribution in [-0.2, 0) is 0 Å². The second kappa shape index (κ2) is 5.51. The van der Waals surface area contributed by atoms with Crippen LogP contribution in [0.3, 0.4) is 0 Å².